The molecular formula is C21H23N5O2S. The van der Waals surface area contributed by atoms with Gasteiger partial charge < -0.3 is 10.6 Å². The highest BCUT2D eigenvalue weighted by Gasteiger charge is 2.32. The number of fused-ring (bicyclic) bond motifs is 1. The van der Waals surface area contributed by atoms with Crippen LogP contribution >= 0.6 is 0 Å². The Kier molecular flexibility index (Phi) is 5.03. The topological polar surface area (TPSA) is 99.8 Å². The van der Waals surface area contributed by atoms with E-state index in [2.05, 4.69) is 35.5 Å². The van der Waals surface area contributed by atoms with Gasteiger partial charge in [0.05, 0.1) is 10.5 Å². The second-order valence-corrected chi connectivity index (χ2v) is 9.46. The van der Waals surface area contributed by atoms with Crippen molar-refractivity contribution in [2.24, 2.45) is 11.8 Å². The van der Waals surface area contributed by atoms with Gasteiger partial charge in [-0.05, 0) is 36.1 Å². The number of hydrogen-bond acceptors (Lipinski definition) is 6. The number of nitrogens with zero attached hydrogens (tertiary/aromatic N) is 3. The lowest BCUT2D eigenvalue weighted by molar-refractivity contribution is 0.394. The molecule has 1 aromatic carbocycles. The van der Waals surface area contributed by atoms with Crippen LogP contribution in [0.25, 0.3) is 11.0 Å². The summed E-state index contributed by atoms with van der Waals surface area (Å²) in [6.45, 7) is 5.98. The average Bonchev–Trinajstić information content (AvgIpc) is 3.32. The Balaban J connectivity index is 1.87. The number of nitriles is 1. The van der Waals surface area contributed by atoms with Gasteiger partial charge in [0, 0.05) is 30.7 Å². The Bertz CT molecular complexity index is 1180. The van der Waals surface area contributed by atoms with E-state index in [0.29, 0.717) is 34.3 Å². The first-order valence-electron chi connectivity index (χ1n) is 9.61. The summed E-state index contributed by atoms with van der Waals surface area (Å²) in [4.78, 5) is 4.49. The number of aromatic nitrogens is 2. The molecule has 0 radical (unpaired) electrons. The third kappa shape index (κ3) is 3.48. The van der Waals surface area contributed by atoms with Gasteiger partial charge in [-0.25, -0.2) is 17.4 Å². The van der Waals surface area contributed by atoms with E-state index >= 15 is 0 Å². The number of hydrogen-bond donors (Lipinski definition) is 2. The summed E-state index contributed by atoms with van der Waals surface area (Å²) < 4.78 is 28.2. The van der Waals surface area contributed by atoms with Gasteiger partial charge in [-0.1, -0.05) is 32.0 Å². The fraction of sp³-hybridized carbons (Fsp3) is 0.333. The molecule has 1 saturated heterocycles. The van der Waals surface area contributed by atoms with E-state index in [-0.39, 0.29) is 10.9 Å². The van der Waals surface area contributed by atoms with Gasteiger partial charge in [0.25, 0.3) is 10.0 Å². The smallest absolute Gasteiger partial charge is 0.271 e. The average molecular weight is 410 g/mol. The summed E-state index contributed by atoms with van der Waals surface area (Å²) >= 11 is 0. The van der Waals surface area contributed by atoms with Crippen LogP contribution in [0.15, 0.2) is 53.6 Å². The maximum atomic E-state index is 13.5. The Morgan fingerprint density at radius 1 is 1.24 bits per heavy atom. The zero-order valence-corrected chi connectivity index (χ0v) is 17.1. The van der Waals surface area contributed by atoms with E-state index in [1.807, 2.05) is 0 Å². The van der Waals surface area contributed by atoms with E-state index in [0.717, 1.165) is 13.1 Å². The van der Waals surface area contributed by atoms with Crippen LogP contribution in [0.1, 0.15) is 19.4 Å². The summed E-state index contributed by atoms with van der Waals surface area (Å²) in [5.74, 6) is 1.30. The highest BCUT2D eigenvalue weighted by atomic mass is 32.2. The van der Waals surface area contributed by atoms with Crippen molar-refractivity contribution in [3.8, 4) is 6.07 Å². The summed E-state index contributed by atoms with van der Waals surface area (Å²) in [5, 5.41) is 16.6. The molecule has 3 heterocycles. The third-order valence-electron chi connectivity index (χ3n) is 5.46. The Hall–Kier alpha value is -2.89. The van der Waals surface area contributed by atoms with Crippen LogP contribution < -0.4 is 10.6 Å². The molecule has 1 aliphatic heterocycles. The first kappa shape index (κ1) is 19.4. The van der Waals surface area contributed by atoms with E-state index in [9.17, 15) is 13.7 Å². The molecule has 3 aromatic rings. The van der Waals surface area contributed by atoms with E-state index in [1.165, 1.54) is 10.2 Å². The lowest BCUT2D eigenvalue weighted by Crippen LogP contribution is -2.32. The second-order valence-electron chi connectivity index (χ2n) is 7.68. The fourth-order valence-electron chi connectivity index (χ4n) is 3.92. The maximum Gasteiger partial charge on any atom is 0.271 e. The molecule has 2 aromatic heterocycles. The van der Waals surface area contributed by atoms with Crippen molar-refractivity contribution in [1.29, 1.82) is 5.26 Å². The predicted octanol–water partition coefficient (Wildman–Crippen LogP) is 2.80. The molecule has 1 aliphatic rings. The normalized spacial score (nSPS) is 19.5. The molecule has 4 rings (SSSR count). The summed E-state index contributed by atoms with van der Waals surface area (Å²) in [6, 6.07) is 13.9. The van der Waals surface area contributed by atoms with Crippen LogP contribution in [0, 0.1) is 23.2 Å². The van der Waals surface area contributed by atoms with Crippen LogP contribution in [-0.4, -0.2) is 36.5 Å². The minimum atomic E-state index is -3.86. The van der Waals surface area contributed by atoms with Crippen molar-refractivity contribution >= 4 is 26.9 Å². The Labute approximate surface area is 170 Å². The van der Waals surface area contributed by atoms with Crippen LogP contribution in [0.4, 0.5) is 5.82 Å². The molecular weight excluding hydrogens is 386 g/mol. The number of nitrogens with one attached hydrogen (secondary N) is 2. The predicted molar refractivity (Wildman–Crippen MR) is 112 cm³/mol. The number of benzene rings is 1. The molecule has 0 spiro atoms. The summed E-state index contributed by atoms with van der Waals surface area (Å²) in [6.07, 6.45) is 1.40. The van der Waals surface area contributed by atoms with Crippen LogP contribution in [0.2, 0.25) is 0 Å². The SMILES string of the molecule is CC(C)[C@H]1CNC[C@H]1Nc1cc2cc(C#N)cnc2n1S(=O)(=O)c1ccccc1. The van der Waals surface area contributed by atoms with E-state index in [1.54, 1.807) is 42.5 Å². The van der Waals surface area contributed by atoms with Gasteiger partial charge in [-0.3, -0.25) is 0 Å². The molecule has 0 unspecified atom stereocenters. The highest BCUT2D eigenvalue weighted by Crippen LogP contribution is 2.31. The van der Waals surface area contributed by atoms with Crippen LogP contribution in [0.3, 0.4) is 0 Å². The minimum Gasteiger partial charge on any atom is -0.366 e. The molecule has 0 bridgehead atoms. The fourth-order valence-corrected chi connectivity index (χ4v) is 5.38. The lowest BCUT2D eigenvalue weighted by atomic mass is 9.91. The molecule has 29 heavy (non-hydrogen) atoms. The Morgan fingerprint density at radius 2 is 2.00 bits per heavy atom. The Morgan fingerprint density at radius 3 is 2.69 bits per heavy atom. The first-order valence-corrected chi connectivity index (χ1v) is 11.1. The molecule has 1 fully saturated rings. The lowest BCUT2D eigenvalue weighted by Gasteiger charge is -2.24. The zero-order valence-electron chi connectivity index (χ0n) is 16.3. The number of anilines is 1. The van der Waals surface area contributed by atoms with Crippen LogP contribution in [-0.2, 0) is 10.0 Å². The highest BCUT2D eigenvalue weighted by molar-refractivity contribution is 7.90. The third-order valence-corrected chi connectivity index (χ3v) is 7.18. The number of pyridine rings is 1. The standard InChI is InChI=1S/C21H23N5O2S/c1-14(2)18-12-23-13-19(18)25-20-9-16-8-15(10-22)11-24-21(16)26(20)29(27,28)17-6-4-3-5-7-17/h3-9,11,14,18-19,23,25H,12-13H2,1-2H3/t18-,19-/m1/s1. The van der Waals surface area contributed by atoms with E-state index in [4.69, 9.17) is 0 Å². The second kappa shape index (κ2) is 7.50. The van der Waals surface area contributed by atoms with Crippen molar-refractivity contribution in [2.45, 2.75) is 24.8 Å². The molecule has 2 N–H and O–H groups in total. The summed E-state index contributed by atoms with van der Waals surface area (Å²) in [5.41, 5.74) is 0.698. The van der Waals surface area contributed by atoms with Crippen molar-refractivity contribution in [1.82, 2.24) is 14.3 Å². The van der Waals surface area contributed by atoms with Crippen molar-refractivity contribution in [2.75, 3.05) is 18.4 Å². The van der Waals surface area contributed by atoms with Crippen molar-refractivity contribution in [3.63, 3.8) is 0 Å². The summed E-state index contributed by atoms with van der Waals surface area (Å²) in [7, 11) is -3.86. The molecule has 7 nitrogen and oxygen atoms in total. The van der Waals surface area contributed by atoms with Gasteiger partial charge in [-0.15, -0.1) is 0 Å². The first-order chi connectivity index (χ1) is 13.9. The largest absolute Gasteiger partial charge is 0.366 e. The number of rotatable bonds is 5. The molecule has 150 valence electrons. The molecule has 0 amide bonds. The molecule has 2 atom stereocenters. The van der Waals surface area contributed by atoms with Gasteiger partial charge in [0.15, 0.2) is 5.65 Å². The quantitative estimate of drug-likeness (QED) is 0.672. The molecule has 8 heteroatoms. The van der Waals surface area contributed by atoms with Crippen molar-refractivity contribution in [3.05, 3.63) is 54.2 Å². The van der Waals surface area contributed by atoms with E-state index < -0.39 is 10.0 Å². The minimum absolute atomic E-state index is 0.0967. The van der Waals surface area contributed by atoms with Crippen molar-refractivity contribution < 1.29 is 8.42 Å². The van der Waals surface area contributed by atoms with Gasteiger partial charge >= 0.3 is 0 Å². The van der Waals surface area contributed by atoms with Gasteiger partial charge in [0.2, 0.25) is 0 Å². The van der Waals surface area contributed by atoms with Crippen LogP contribution in [0.5, 0.6) is 0 Å². The molecule has 0 saturated carbocycles. The van der Waals surface area contributed by atoms with Gasteiger partial charge in [0.1, 0.15) is 11.9 Å². The maximum absolute atomic E-state index is 13.5. The molecule has 0 aliphatic carbocycles. The zero-order chi connectivity index (χ0) is 20.6. The monoisotopic (exact) mass is 409 g/mol. The van der Waals surface area contributed by atoms with Gasteiger partial charge in [-0.2, -0.15) is 5.26 Å².